The number of halogens is 2. The number of amides is 1. The number of anilines is 1. The van der Waals surface area contributed by atoms with E-state index in [1.807, 2.05) is 54.1 Å². The van der Waals surface area contributed by atoms with Gasteiger partial charge in [-0.05, 0) is 68.0 Å². The van der Waals surface area contributed by atoms with Gasteiger partial charge in [0.1, 0.15) is 24.2 Å². The van der Waals surface area contributed by atoms with Crippen molar-refractivity contribution in [3.63, 3.8) is 0 Å². The van der Waals surface area contributed by atoms with Crippen molar-refractivity contribution < 1.29 is 23.5 Å². The summed E-state index contributed by atoms with van der Waals surface area (Å²) in [6.07, 6.45) is 4.87. The molecule has 0 aliphatic carbocycles. The molecule has 9 nitrogen and oxygen atoms in total. The first kappa shape index (κ1) is 33.1. The molecule has 6 rings (SSSR count). The average molecular weight is 732 g/mol. The monoisotopic (exact) mass is 730 g/mol. The molecular weight excluding hydrogens is 699 g/mol. The van der Waals surface area contributed by atoms with E-state index in [-0.39, 0.29) is 30.4 Å². The maximum Gasteiger partial charge on any atom is 0.338 e. The van der Waals surface area contributed by atoms with Crippen LogP contribution in [0.1, 0.15) is 43.9 Å². The number of aromatic nitrogens is 2. The molecule has 48 heavy (non-hydrogen) atoms. The number of carbonyl (C=O) groups is 2. The van der Waals surface area contributed by atoms with Crippen LogP contribution in [0.25, 0.3) is 17.0 Å². The Bertz CT molecular complexity index is 2250. The zero-order valence-electron chi connectivity index (χ0n) is 26.5. The van der Waals surface area contributed by atoms with Crippen molar-refractivity contribution in [3.05, 3.63) is 125 Å². The number of methoxy groups -OCH3 is 1. The summed E-state index contributed by atoms with van der Waals surface area (Å²) in [5.74, 6) is -0.696. The maximum atomic E-state index is 14.4. The number of carbonyl (C=O) groups excluding carboxylic acids is 2. The second kappa shape index (κ2) is 14.1. The average Bonchev–Trinajstić information content (AvgIpc) is 3.57. The summed E-state index contributed by atoms with van der Waals surface area (Å²) >= 11 is 4.78. The fourth-order valence-electron chi connectivity index (χ4n) is 5.88. The van der Waals surface area contributed by atoms with Crippen molar-refractivity contribution in [3.8, 4) is 5.75 Å². The fraction of sp³-hybridized carbons (Fsp3) is 0.222. The van der Waals surface area contributed by atoms with Crippen LogP contribution in [0.15, 0.2) is 98.5 Å². The molecule has 3 heterocycles. The minimum atomic E-state index is -0.840. The molecule has 1 N–H and O–H groups in total. The third kappa shape index (κ3) is 6.50. The summed E-state index contributed by atoms with van der Waals surface area (Å²) in [6, 6.07) is 17.8. The Kier molecular flexibility index (Phi) is 9.74. The van der Waals surface area contributed by atoms with E-state index in [4.69, 9.17) is 14.5 Å². The van der Waals surface area contributed by atoms with Crippen LogP contribution in [0.2, 0.25) is 0 Å². The molecule has 0 fully saturated rings. The highest BCUT2D eigenvalue weighted by Crippen LogP contribution is 2.38. The first-order chi connectivity index (χ1) is 23.2. The molecule has 1 atom stereocenters. The highest BCUT2D eigenvalue weighted by Gasteiger charge is 2.36. The second-order valence-electron chi connectivity index (χ2n) is 11.1. The molecule has 12 heteroatoms. The summed E-state index contributed by atoms with van der Waals surface area (Å²) in [5, 5.41) is 3.65. The van der Waals surface area contributed by atoms with Crippen molar-refractivity contribution in [1.29, 1.82) is 0 Å². The molecule has 0 spiro atoms. The highest BCUT2D eigenvalue weighted by molar-refractivity contribution is 9.10. The van der Waals surface area contributed by atoms with Crippen molar-refractivity contribution >= 4 is 61.8 Å². The zero-order chi connectivity index (χ0) is 33.9. The lowest BCUT2D eigenvalue weighted by Gasteiger charge is -2.27. The summed E-state index contributed by atoms with van der Waals surface area (Å²) in [5.41, 5.74) is 3.19. The molecule has 2 aromatic heterocycles. The number of fused-ring (bicyclic) bond motifs is 2. The topological polar surface area (TPSA) is 104 Å². The Morgan fingerprint density at radius 2 is 1.88 bits per heavy atom. The van der Waals surface area contributed by atoms with Crippen LogP contribution in [0.4, 0.5) is 10.1 Å². The molecule has 5 aromatic rings. The summed E-state index contributed by atoms with van der Waals surface area (Å²) < 4.78 is 29.1. The van der Waals surface area contributed by atoms with Crippen LogP contribution in [0.5, 0.6) is 5.75 Å². The predicted molar refractivity (Wildman–Crippen MR) is 187 cm³/mol. The Morgan fingerprint density at radius 1 is 1.10 bits per heavy atom. The first-order valence-corrected chi connectivity index (χ1v) is 17.0. The molecule has 1 aliphatic heterocycles. The lowest BCUT2D eigenvalue weighted by molar-refractivity contribution is -0.139. The second-order valence-corrected chi connectivity index (χ2v) is 13.0. The van der Waals surface area contributed by atoms with Crippen LogP contribution >= 0.6 is 27.3 Å². The standard InChI is InChI=1S/C36H32BrFN4O5S/c1-4-8-27-32(35(45)47-5-2)33(26-18-22(37)11-16-29(26)46-3)42-34(44)30(48-36(42)40-27)17-21-19-41(28-10-7-6-9-25(21)28)20-31(43)39-24-14-12-23(38)13-15-24/h6-7,9-19,33H,4-5,8,20H2,1-3H3,(H,39,43)/b30-17+/t33-/m1/s1. The number of hydrogen-bond acceptors (Lipinski definition) is 7. The number of hydrogen-bond donors (Lipinski definition) is 1. The van der Waals surface area contributed by atoms with Crippen LogP contribution < -0.4 is 24.9 Å². The molecule has 0 unspecified atom stereocenters. The first-order valence-electron chi connectivity index (χ1n) is 15.4. The van der Waals surface area contributed by atoms with Gasteiger partial charge < -0.3 is 19.4 Å². The Labute approximate surface area is 287 Å². The van der Waals surface area contributed by atoms with Gasteiger partial charge in [0.2, 0.25) is 5.91 Å². The normalized spacial score (nSPS) is 14.5. The Balaban J connectivity index is 1.49. The van der Waals surface area contributed by atoms with Gasteiger partial charge in [-0.1, -0.05) is 58.8 Å². The van der Waals surface area contributed by atoms with Crippen LogP contribution in [-0.2, 0) is 20.9 Å². The van der Waals surface area contributed by atoms with Crippen molar-refractivity contribution in [2.75, 3.05) is 19.0 Å². The van der Waals surface area contributed by atoms with Crippen molar-refractivity contribution in [2.45, 2.75) is 39.3 Å². The van der Waals surface area contributed by atoms with Gasteiger partial charge in [0.05, 0.1) is 29.5 Å². The predicted octanol–water partition coefficient (Wildman–Crippen LogP) is 6.08. The number of nitrogens with one attached hydrogen (secondary N) is 1. The maximum absolute atomic E-state index is 14.4. The zero-order valence-corrected chi connectivity index (χ0v) is 28.9. The van der Waals surface area contributed by atoms with E-state index in [9.17, 15) is 18.8 Å². The van der Waals surface area contributed by atoms with Gasteiger partial charge in [0.15, 0.2) is 4.80 Å². The highest BCUT2D eigenvalue weighted by atomic mass is 79.9. The number of rotatable bonds is 10. The molecule has 1 amide bonds. The summed E-state index contributed by atoms with van der Waals surface area (Å²) in [6.45, 7) is 3.91. The van der Waals surface area contributed by atoms with Gasteiger partial charge in [-0.3, -0.25) is 14.2 Å². The van der Waals surface area contributed by atoms with E-state index in [1.165, 1.54) is 35.6 Å². The fourth-order valence-corrected chi connectivity index (χ4v) is 7.27. The summed E-state index contributed by atoms with van der Waals surface area (Å²) in [4.78, 5) is 46.2. The lowest BCUT2D eigenvalue weighted by atomic mass is 9.93. The van der Waals surface area contributed by atoms with Crippen LogP contribution in [0.3, 0.4) is 0 Å². The van der Waals surface area contributed by atoms with Crippen LogP contribution in [-0.4, -0.2) is 34.7 Å². The molecule has 0 saturated carbocycles. The number of allylic oxidation sites excluding steroid dienone is 1. The number of benzene rings is 3. The van der Waals surface area contributed by atoms with E-state index >= 15 is 0 Å². The SMILES string of the molecule is CCCC1=C(C(=O)OCC)[C@@H](c2cc(Br)ccc2OC)n2c(s/c(=C/c3cn(CC(=O)Nc4ccc(F)cc4)c4ccccc34)c2=O)=N1. The van der Waals surface area contributed by atoms with Gasteiger partial charge in [-0.2, -0.15) is 0 Å². The third-order valence-corrected chi connectivity index (χ3v) is 9.40. The minimum absolute atomic E-state index is 0.00105. The molecule has 0 radical (unpaired) electrons. The molecular formula is C36H32BrFN4O5S. The number of nitrogens with zero attached hydrogens (tertiary/aromatic N) is 3. The van der Waals surface area contributed by atoms with E-state index in [2.05, 4.69) is 21.2 Å². The molecule has 0 bridgehead atoms. The number of para-hydroxylation sites is 1. The van der Waals surface area contributed by atoms with E-state index in [0.717, 1.165) is 27.4 Å². The van der Waals surface area contributed by atoms with Gasteiger partial charge in [-0.15, -0.1) is 0 Å². The smallest absolute Gasteiger partial charge is 0.338 e. The summed E-state index contributed by atoms with van der Waals surface area (Å²) in [7, 11) is 1.55. The molecule has 246 valence electrons. The van der Waals surface area contributed by atoms with Gasteiger partial charge in [0.25, 0.3) is 5.56 Å². The molecule has 1 aliphatic rings. The molecule has 0 saturated heterocycles. The minimum Gasteiger partial charge on any atom is -0.496 e. The van der Waals surface area contributed by atoms with Crippen LogP contribution in [0, 0.1) is 5.82 Å². The quantitative estimate of drug-likeness (QED) is 0.176. The van der Waals surface area contributed by atoms with Crippen molar-refractivity contribution in [1.82, 2.24) is 9.13 Å². The lowest BCUT2D eigenvalue weighted by Crippen LogP contribution is -2.40. The van der Waals surface area contributed by atoms with Crippen molar-refractivity contribution in [2.24, 2.45) is 4.99 Å². The Hall–Kier alpha value is -4.81. The van der Waals surface area contributed by atoms with E-state index < -0.39 is 12.0 Å². The third-order valence-electron chi connectivity index (χ3n) is 7.93. The Morgan fingerprint density at radius 3 is 2.60 bits per heavy atom. The van der Waals surface area contributed by atoms with Gasteiger partial charge in [-0.25, -0.2) is 14.2 Å². The largest absolute Gasteiger partial charge is 0.496 e. The van der Waals surface area contributed by atoms with E-state index in [0.29, 0.717) is 44.0 Å². The van der Waals surface area contributed by atoms with Gasteiger partial charge >= 0.3 is 5.97 Å². The number of esters is 1. The number of ether oxygens (including phenoxy) is 2. The molecule has 3 aromatic carbocycles. The van der Waals surface area contributed by atoms with Gasteiger partial charge in [0, 0.05) is 38.4 Å². The number of thiazole rings is 1. The van der Waals surface area contributed by atoms with E-state index in [1.54, 1.807) is 30.7 Å².